The molecule has 90 valence electrons. The zero-order chi connectivity index (χ0) is 11.5. The molecule has 1 fully saturated rings. The molecule has 6 heteroatoms. The van der Waals surface area contributed by atoms with Crippen molar-refractivity contribution in [2.45, 2.75) is 32.5 Å². The summed E-state index contributed by atoms with van der Waals surface area (Å²) in [5.74, 6) is 0.165. The summed E-state index contributed by atoms with van der Waals surface area (Å²) in [6.07, 6.45) is 0.0700. The Balaban J connectivity index is 2.69. The molecule has 2 atom stereocenters. The van der Waals surface area contributed by atoms with E-state index in [2.05, 4.69) is 0 Å². The van der Waals surface area contributed by atoms with Crippen molar-refractivity contribution in [3.05, 3.63) is 0 Å². The summed E-state index contributed by atoms with van der Waals surface area (Å²) in [6.45, 7) is 4.17. The van der Waals surface area contributed by atoms with Crippen LogP contribution < -0.4 is 0 Å². The van der Waals surface area contributed by atoms with Gasteiger partial charge in [0.1, 0.15) is 0 Å². The van der Waals surface area contributed by atoms with E-state index >= 15 is 0 Å². The molecule has 15 heavy (non-hydrogen) atoms. The van der Waals surface area contributed by atoms with Gasteiger partial charge in [-0.15, -0.1) is 0 Å². The van der Waals surface area contributed by atoms with Crippen molar-refractivity contribution in [1.82, 2.24) is 4.31 Å². The minimum absolute atomic E-state index is 0.136. The summed E-state index contributed by atoms with van der Waals surface area (Å²) in [5.41, 5.74) is 0. The van der Waals surface area contributed by atoms with Crippen LogP contribution in [0, 0.1) is 0 Å². The first-order chi connectivity index (χ1) is 6.99. The largest absolute Gasteiger partial charge is 0.394 e. The predicted octanol–water partition coefficient (Wildman–Crippen LogP) is -0.192. The molecule has 0 aliphatic carbocycles. The van der Waals surface area contributed by atoms with Crippen LogP contribution >= 0.6 is 0 Å². The van der Waals surface area contributed by atoms with Gasteiger partial charge in [0.2, 0.25) is 10.0 Å². The number of aliphatic hydroxyl groups is 1. The third kappa shape index (κ3) is 3.41. The molecule has 1 aliphatic rings. The summed E-state index contributed by atoms with van der Waals surface area (Å²) in [7, 11) is -3.17. The summed E-state index contributed by atoms with van der Waals surface area (Å²) < 4.78 is 30.4. The number of hydrogen-bond acceptors (Lipinski definition) is 4. The van der Waals surface area contributed by atoms with Gasteiger partial charge in [-0.2, -0.15) is 4.31 Å². The fourth-order valence-electron chi connectivity index (χ4n) is 1.72. The number of sulfonamides is 1. The van der Waals surface area contributed by atoms with Crippen molar-refractivity contribution in [2.75, 3.05) is 25.4 Å². The molecule has 0 aromatic carbocycles. The maximum Gasteiger partial charge on any atom is 0.214 e. The number of ether oxygens (including phenoxy) is 1. The molecule has 0 amide bonds. The van der Waals surface area contributed by atoms with E-state index in [4.69, 9.17) is 9.84 Å². The van der Waals surface area contributed by atoms with Gasteiger partial charge in [0.25, 0.3) is 0 Å². The van der Waals surface area contributed by atoms with Crippen LogP contribution in [0.4, 0.5) is 0 Å². The molecule has 0 aromatic heterocycles. The number of morpholine rings is 1. The van der Waals surface area contributed by atoms with Gasteiger partial charge in [-0.25, -0.2) is 8.42 Å². The summed E-state index contributed by atoms with van der Waals surface area (Å²) in [5, 5.41) is 8.98. The zero-order valence-electron chi connectivity index (χ0n) is 9.22. The topological polar surface area (TPSA) is 66.8 Å². The van der Waals surface area contributed by atoms with Gasteiger partial charge < -0.3 is 9.84 Å². The Kier molecular flexibility index (Phi) is 4.51. The van der Waals surface area contributed by atoms with Crippen LogP contribution in [0.2, 0.25) is 0 Å². The van der Waals surface area contributed by atoms with E-state index in [1.165, 1.54) is 4.31 Å². The second-order valence-corrected chi connectivity index (χ2v) is 5.97. The summed E-state index contributed by atoms with van der Waals surface area (Å²) in [4.78, 5) is 0. The molecule has 1 N–H and O–H groups in total. The molecule has 1 rings (SSSR count). The molecule has 0 bridgehead atoms. The van der Waals surface area contributed by atoms with E-state index in [1.807, 2.05) is 13.8 Å². The van der Waals surface area contributed by atoms with Crippen LogP contribution in [0.1, 0.15) is 20.3 Å². The molecule has 0 spiro atoms. The highest BCUT2D eigenvalue weighted by Gasteiger charge is 2.31. The van der Waals surface area contributed by atoms with Crippen molar-refractivity contribution in [2.24, 2.45) is 0 Å². The molecule has 0 radical (unpaired) electrons. The van der Waals surface area contributed by atoms with E-state index < -0.39 is 10.0 Å². The number of aliphatic hydroxyl groups excluding tert-OH is 1. The molecule has 2 unspecified atom stereocenters. The zero-order valence-corrected chi connectivity index (χ0v) is 10.0. The van der Waals surface area contributed by atoms with Crippen molar-refractivity contribution >= 4 is 10.0 Å². The highest BCUT2D eigenvalue weighted by atomic mass is 32.2. The van der Waals surface area contributed by atoms with Crippen LogP contribution in [0.5, 0.6) is 0 Å². The van der Waals surface area contributed by atoms with Crippen LogP contribution in [-0.2, 0) is 14.8 Å². The van der Waals surface area contributed by atoms with Gasteiger partial charge in [0.05, 0.1) is 24.6 Å². The minimum Gasteiger partial charge on any atom is -0.394 e. The Labute approximate surface area is 91.1 Å². The molecule has 0 saturated carbocycles. The molecular weight excluding hydrogens is 218 g/mol. The van der Waals surface area contributed by atoms with E-state index in [1.54, 1.807) is 0 Å². The average molecular weight is 237 g/mol. The van der Waals surface area contributed by atoms with Gasteiger partial charge in [-0.05, 0) is 13.3 Å². The SMILES string of the molecule is CCCS(=O)(=O)N1CC(C)OC(CO)C1. The van der Waals surface area contributed by atoms with Crippen molar-refractivity contribution in [3.63, 3.8) is 0 Å². The number of rotatable bonds is 4. The fraction of sp³-hybridized carbons (Fsp3) is 1.00. The standard InChI is InChI=1S/C9H19NO4S/c1-3-4-15(12,13)10-5-8(2)14-9(6-10)7-11/h8-9,11H,3-7H2,1-2H3. The van der Waals surface area contributed by atoms with Gasteiger partial charge in [0.15, 0.2) is 0 Å². The molecule has 5 nitrogen and oxygen atoms in total. The molecular formula is C9H19NO4S. The Hall–Kier alpha value is -0.170. The maximum absolute atomic E-state index is 11.8. The number of nitrogens with zero attached hydrogens (tertiary/aromatic N) is 1. The van der Waals surface area contributed by atoms with Gasteiger partial charge in [-0.3, -0.25) is 0 Å². The lowest BCUT2D eigenvalue weighted by atomic mass is 10.2. The average Bonchev–Trinajstić information content (AvgIpc) is 2.16. The van der Waals surface area contributed by atoms with Gasteiger partial charge >= 0.3 is 0 Å². The van der Waals surface area contributed by atoms with Crippen LogP contribution in [0.15, 0.2) is 0 Å². The second kappa shape index (κ2) is 5.25. The minimum atomic E-state index is -3.17. The smallest absolute Gasteiger partial charge is 0.214 e. The molecule has 0 aromatic rings. The third-order valence-corrected chi connectivity index (χ3v) is 4.36. The highest BCUT2D eigenvalue weighted by molar-refractivity contribution is 7.89. The lowest BCUT2D eigenvalue weighted by molar-refractivity contribution is -0.0750. The van der Waals surface area contributed by atoms with Gasteiger partial charge in [0, 0.05) is 13.1 Å². The Morgan fingerprint density at radius 2 is 2.13 bits per heavy atom. The van der Waals surface area contributed by atoms with Gasteiger partial charge in [-0.1, -0.05) is 6.92 Å². The van der Waals surface area contributed by atoms with Crippen molar-refractivity contribution in [1.29, 1.82) is 0 Å². The third-order valence-electron chi connectivity index (χ3n) is 2.35. The first kappa shape index (κ1) is 12.9. The predicted molar refractivity (Wildman–Crippen MR) is 57.1 cm³/mol. The molecule has 1 saturated heterocycles. The van der Waals surface area contributed by atoms with Crippen LogP contribution in [-0.4, -0.2) is 55.5 Å². The quantitative estimate of drug-likeness (QED) is 0.736. The highest BCUT2D eigenvalue weighted by Crippen LogP contribution is 2.15. The summed E-state index contributed by atoms with van der Waals surface area (Å²) in [6, 6.07) is 0. The monoisotopic (exact) mass is 237 g/mol. The van der Waals surface area contributed by atoms with E-state index in [-0.39, 0.29) is 31.1 Å². The van der Waals surface area contributed by atoms with Crippen molar-refractivity contribution in [3.8, 4) is 0 Å². The lowest BCUT2D eigenvalue weighted by Gasteiger charge is -2.35. The van der Waals surface area contributed by atoms with Crippen LogP contribution in [0.3, 0.4) is 0 Å². The Morgan fingerprint density at radius 3 is 2.67 bits per heavy atom. The van der Waals surface area contributed by atoms with Crippen molar-refractivity contribution < 1.29 is 18.3 Å². The Morgan fingerprint density at radius 1 is 1.47 bits per heavy atom. The van der Waals surface area contributed by atoms with E-state index in [9.17, 15) is 8.42 Å². The first-order valence-electron chi connectivity index (χ1n) is 5.23. The Bertz CT molecular complexity index is 290. The maximum atomic E-state index is 11.8. The molecule has 1 aliphatic heterocycles. The van der Waals surface area contributed by atoms with Crippen LogP contribution in [0.25, 0.3) is 0 Å². The van der Waals surface area contributed by atoms with E-state index in [0.29, 0.717) is 13.0 Å². The summed E-state index contributed by atoms with van der Waals surface area (Å²) >= 11 is 0. The van der Waals surface area contributed by atoms with E-state index in [0.717, 1.165) is 0 Å². The lowest BCUT2D eigenvalue weighted by Crippen LogP contribution is -2.50. The molecule has 1 heterocycles. The second-order valence-electron chi connectivity index (χ2n) is 3.88. The number of hydrogen-bond donors (Lipinski definition) is 1. The first-order valence-corrected chi connectivity index (χ1v) is 6.84. The fourth-order valence-corrected chi connectivity index (χ4v) is 3.32. The normalized spacial score (nSPS) is 29.3.